The summed E-state index contributed by atoms with van der Waals surface area (Å²) >= 11 is 0. The van der Waals surface area contributed by atoms with Crippen molar-refractivity contribution in [2.45, 2.75) is 19.5 Å². The number of ether oxygens (including phenoxy) is 1. The van der Waals surface area contributed by atoms with Crippen molar-refractivity contribution in [1.29, 1.82) is 0 Å². The molecule has 0 saturated heterocycles. The van der Waals surface area contributed by atoms with E-state index in [-0.39, 0.29) is 30.3 Å². The van der Waals surface area contributed by atoms with Crippen molar-refractivity contribution in [3.63, 3.8) is 0 Å². The van der Waals surface area contributed by atoms with Crippen LogP contribution in [0.4, 0.5) is 13.2 Å². The van der Waals surface area contributed by atoms with E-state index in [1.165, 1.54) is 12.1 Å². The quantitative estimate of drug-likeness (QED) is 0.812. The number of esters is 1. The van der Waals surface area contributed by atoms with E-state index in [9.17, 15) is 18.0 Å². The van der Waals surface area contributed by atoms with Crippen LogP contribution in [-0.4, -0.2) is 22.7 Å². The van der Waals surface area contributed by atoms with Crippen molar-refractivity contribution in [2.24, 2.45) is 0 Å². The number of carbonyl (C=O) groups excluding carboxylic acids is 1. The first kappa shape index (κ1) is 15.0. The molecule has 0 radical (unpaired) electrons. The molecule has 0 saturated carbocycles. The molecule has 8 heteroatoms. The number of carbonyl (C=O) groups is 1. The third kappa shape index (κ3) is 3.80. The number of nitrogens with zero attached hydrogens (tertiary/aromatic N) is 2. The SMILES string of the molecule is CCOC(=O)Cc1noc(-c2cccc(C(F)(F)F)c2)n1. The molecule has 0 unspecified atom stereocenters. The lowest BCUT2D eigenvalue weighted by atomic mass is 10.1. The third-order valence-corrected chi connectivity index (χ3v) is 2.51. The maximum Gasteiger partial charge on any atom is 0.416 e. The number of hydrogen-bond donors (Lipinski definition) is 0. The molecule has 112 valence electrons. The fourth-order valence-electron chi connectivity index (χ4n) is 1.61. The third-order valence-electron chi connectivity index (χ3n) is 2.51. The van der Waals surface area contributed by atoms with Gasteiger partial charge in [-0.2, -0.15) is 18.2 Å². The summed E-state index contributed by atoms with van der Waals surface area (Å²) in [4.78, 5) is 15.1. The van der Waals surface area contributed by atoms with Crippen LogP contribution >= 0.6 is 0 Å². The van der Waals surface area contributed by atoms with E-state index >= 15 is 0 Å². The molecule has 21 heavy (non-hydrogen) atoms. The van der Waals surface area contributed by atoms with Crippen LogP contribution in [0.5, 0.6) is 0 Å². The van der Waals surface area contributed by atoms with E-state index < -0.39 is 17.7 Å². The first-order valence-electron chi connectivity index (χ1n) is 6.06. The van der Waals surface area contributed by atoms with Crippen molar-refractivity contribution >= 4 is 5.97 Å². The highest BCUT2D eigenvalue weighted by Gasteiger charge is 2.30. The Morgan fingerprint density at radius 1 is 1.38 bits per heavy atom. The fraction of sp³-hybridized carbons (Fsp3) is 0.308. The maximum atomic E-state index is 12.6. The Labute approximate surface area is 117 Å². The molecule has 2 rings (SSSR count). The van der Waals surface area contributed by atoms with Gasteiger partial charge in [-0.05, 0) is 25.1 Å². The Morgan fingerprint density at radius 2 is 2.14 bits per heavy atom. The van der Waals surface area contributed by atoms with E-state index in [1.54, 1.807) is 6.92 Å². The smallest absolute Gasteiger partial charge is 0.416 e. The first-order chi connectivity index (χ1) is 9.90. The summed E-state index contributed by atoms with van der Waals surface area (Å²) < 4.78 is 47.4. The molecule has 0 bridgehead atoms. The highest BCUT2D eigenvalue weighted by molar-refractivity contribution is 5.71. The van der Waals surface area contributed by atoms with Gasteiger partial charge in [-0.3, -0.25) is 4.79 Å². The molecule has 1 aromatic carbocycles. The van der Waals surface area contributed by atoms with Crippen LogP contribution in [0.3, 0.4) is 0 Å². The normalized spacial score (nSPS) is 11.4. The average molecular weight is 300 g/mol. The van der Waals surface area contributed by atoms with Gasteiger partial charge in [0.2, 0.25) is 0 Å². The zero-order valence-corrected chi connectivity index (χ0v) is 11.0. The topological polar surface area (TPSA) is 65.2 Å². The van der Waals surface area contributed by atoms with Gasteiger partial charge in [0, 0.05) is 5.56 Å². The van der Waals surface area contributed by atoms with Gasteiger partial charge in [-0.25, -0.2) is 0 Å². The van der Waals surface area contributed by atoms with Gasteiger partial charge in [-0.15, -0.1) is 0 Å². The second-order valence-corrected chi connectivity index (χ2v) is 4.08. The van der Waals surface area contributed by atoms with Gasteiger partial charge in [0.15, 0.2) is 5.82 Å². The number of rotatable bonds is 4. The Morgan fingerprint density at radius 3 is 2.81 bits per heavy atom. The van der Waals surface area contributed by atoms with E-state index in [0.29, 0.717) is 0 Å². The summed E-state index contributed by atoms with van der Waals surface area (Å²) in [5.41, 5.74) is -0.683. The molecule has 2 aromatic rings. The van der Waals surface area contributed by atoms with Crippen LogP contribution in [0.2, 0.25) is 0 Å². The van der Waals surface area contributed by atoms with E-state index in [1.807, 2.05) is 0 Å². The molecule has 0 aliphatic carbocycles. The lowest BCUT2D eigenvalue weighted by Crippen LogP contribution is -2.08. The van der Waals surface area contributed by atoms with Crippen LogP contribution in [-0.2, 0) is 22.1 Å². The second kappa shape index (κ2) is 5.94. The van der Waals surface area contributed by atoms with Gasteiger partial charge < -0.3 is 9.26 Å². The lowest BCUT2D eigenvalue weighted by Gasteiger charge is -2.06. The van der Waals surface area contributed by atoms with Crippen molar-refractivity contribution in [2.75, 3.05) is 6.61 Å². The largest absolute Gasteiger partial charge is 0.466 e. The second-order valence-electron chi connectivity index (χ2n) is 4.08. The number of alkyl halides is 3. The molecule has 0 fully saturated rings. The number of halogens is 3. The Kier molecular flexibility index (Phi) is 4.25. The highest BCUT2D eigenvalue weighted by atomic mass is 19.4. The minimum atomic E-state index is -4.45. The summed E-state index contributed by atoms with van der Waals surface area (Å²) in [5.74, 6) is -0.560. The molecule has 0 aliphatic heterocycles. The molecular weight excluding hydrogens is 289 g/mol. The predicted molar refractivity (Wildman–Crippen MR) is 65.1 cm³/mol. The first-order valence-corrected chi connectivity index (χ1v) is 6.06. The summed E-state index contributed by atoms with van der Waals surface area (Å²) in [5, 5.41) is 3.54. The zero-order valence-electron chi connectivity index (χ0n) is 11.0. The molecule has 0 amide bonds. The van der Waals surface area contributed by atoms with E-state index in [0.717, 1.165) is 12.1 Å². The lowest BCUT2D eigenvalue weighted by molar-refractivity contribution is -0.142. The monoisotopic (exact) mass is 300 g/mol. The molecule has 5 nitrogen and oxygen atoms in total. The van der Waals surface area contributed by atoms with Gasteiger partial charge in [0.1, 0.15) is 6.42 Å². The maximum absolute atomic E-state index is 12.6. The van der Waals surface area contributed by atoms with Gasteiger partial charge in [0.05, 0.1) is 12.2 Å². The van der Waals surface area contributed by atoms with Crippen molar-refractivity contribution in [3.8, 4) is 11.5 Å². The van der Waals surface area contributed by atoms with Crippen LogP contribution in [0.1, 0.15) is 18.3 Å². The molecule has 0 atom stereocenters. The van der Waals surface area contributed by atoms with E-state index in [4.69, 9.17) is 9.26 Å². The zero-order chi connectivity index (χ0) is 15.5. The van der Waals surface area contributed by atoms with E-state index in [2.05, 4.69) is 10.1 Å². The fourth-order valence-corrected chi connectivity index (χ4v) is 1.61. The highest BCUT2D eigenvalue weighted by Crippen LogP contribution is 2.31. The Balaban J connectivity index is 2.20. The number of benzene rings is 1. The minimum absolute atomic E-state index is 0.0564. The van der Waals surface area contributed by atoms with Crippen LogP contribution in [0.15, 0.2) is 28.8 Å². The van der Waals surface area contributed by atoms with Crippen molar-refractivity contribution < 1.29 is 27.2 Å². The molecular formula is C13H11F3N2O3. The van der Waals surface area contributed by atoms with Crippen molar-refractivity contribution in [1.82, 2.24) is 10.1 Å². The molecule has 0 spiro atoms. The summed E-state index contributed by atoms with van der Waals surface area (Å²) in [6.07, 6.45) is -4.65. The summed E-state index contributed by atoms with van der Waals surface area (Å²) in [6, 6.07) is 4.51. The van der Waals surface area contributed by atoms with Gasteiger partial charge >= 0.3 is 12.1 Å². The van der Waals surface area contributed by atoms with Crippen LogP contribution in [0.25, 0.3) is 11.5 Å². The van der Waals surface area contributed by atoms with Crippen LogP contribution < -0.4 is 0 Å². The minimum Gasteiger partial charge on any atom is -0.466 e. The van der Waals surface area contributed by atoms with Gasteiger partial charge in [-0.1, -0.05) is 11.2 Å². The summed E-state index contributed by atoms with van der Waals surface area (Å²) in [7, 11) is 0. The van der Waals surface area contributed by atoms with Crippen molar-refractivity contribution in [3.05, 3.63) is 35.7 Å². The molecule has 0 N–H and O–H groups in total. The Bertz CT molecular complexity index is 638. The van der Waals surface area contributed by atoms with Gasteiger partial charge in [0.25, 0.3) is 5.89 Å². The standard InChI is InChI=1S/C13H11F3N2O3/c1-2-20-11(19)7-10-17-12(21-18-10)8-4-3-5-9(6-8)13(14,15)16/h3-6H,2,7H2,1H3. The number of aromatic nitrogens is 2. The number of hydrogen-bond acceptors (Lipinski definition) is 5. The summed E-state index contributed by atoms with van der Waals surface area (Å²) in [6.45, 7) is 1.87. The molecule has 1 aromatic heterocycles. The predicted octanol–water partition coefficient (Wildman–Crippen LogP) is 2.86. The molecule has 1 heterocycles. The van der Waals surface area contributed by atoms with Crippen LogP contribution in [0, 0.1) is 0 Å². The molecule has 0 aliphatic rings. The Hall–Kier alpha value is -2.38. The average Bonchev–Trinajstić information content (AvgIpc) is 2.86.